The molecule has 4 nitrogen and oxygen atoms in total. The van der Waals surface area contributed by atoms with Gasteiger partial charge in [0.25, 0.3) is 5.91 Å². The first-order valence-electron chi connectivity index (χ1n) is 9.65. The van der Waals surface area contributed by atoms with Crippen molar-refractivity contribution in [2.45, 2.75) is 32.5 Å². The Morgan fingerprint density at radius 1 is 1.04 bits per heavy atom. The maximum Gasteiger partial charge on any atom is 0.262 e. The normalized spacial score (nSPS) is 20.2. The number of nitrogens with one attached hydrogen (secondary N) is 1. The molecule has 0 spiro atoms. The van der Waals surface area contributed by atoms with E-state index >= 15 is 0 Å². The van der Waals surface area contributed by atoms with Crippen LogP contribution in [0.3, 0.4) is 0 Å². The Bertz CT molecular complexity index is 1060. The average molecular weight is 370 g/mol. The van der Waals surface area contributed by atoms with Gasteiger partial charge >= 0.3 is 0 Å². The van der Waals surface area contributed by atoms with Crippen LogP contribution in [0, 0.1) is 6.92 Å². The highest BCUT2D eigenvalue weighted by Crippen LogP contribution is 2.39. The Hall–Kier alpha value is -3.27. The Balaban J connectivity index is 1.62. The van der Waals surface area contributed by atoms with Gasteiger partial charge in [0.05, 0.1) is 5.56 Å². The van der Waals surface area contributed by atoms with Crippen LogP contribution in [0.5, 0.6) is 5.75 Å². The van der Waals surface area contributed by atoms with Gasteiger partial charge in [0, 0.05) is 17.8 Å². The number of carbonyl (C=O) groups is 1. The van der Waals surface area contributed by atoms with E-state index in [0.717, 1.165) is 29.1 Å². The fraction of sp³-hybridized carbons (Fsp3) is 0.208. The molecule has 1 N–H and O–H groups in total. The van der Waals surface area contributed by atoms with Gasteiger partial charge in [0.15, 0.2) is 0 Å². The van der Waals surface area contributed by atoms with Gasteiger partial charge in [-0.3, -0.25) is 9.69 Å². The summed E-state index contributed by atoms with van der Waals surface area (Å²) < 4.78 is 5.85. The second-order valence-corrected chi connectivity index (χ2v) is 7.60. The van der Waals surface area contributed by atoms with E-state index in [0.29, 0.717) is 5.56 Å². The lowest BCUT2D eigenvalue weighted by Gasteiger charge is -2.38. The largest absolute Gasteiger partial charge is 0.490 e. The molecule has 0 bridgehead atoms. The van der Waals surface area contributed by atoms with Gasteiger partial charge in [0.2, 0.25) is 0 Å². The van der Waals surface area contributed by atoms with Crippen LogP contribution in [0.15, 0.2) is 66.7 Å². The number of fused-ring (bicyclic) bond motifs is 2. The van der Waals surface area contributed by atoms with Gasteiger partial charge in [-0.2, -0.15) is 0 Å². The molecule has 2 heterocycles. The molecule has 3 aromatic carbocycles. The van der Waals surface area contributed by atoms with Crippen LogP contribution in [0.4, 0.5) is 11.4 Å². The second-order valence-electron chi connectivity index (χ2n) is 7.60. The number of ether oxygens (including phenoxy) is 1. The summed E-state index contributed by atoms with van der Waals surface area (Å²) in [5.74, 6) is 0.953. The first-order chi connectivity index (χ1) is 13.6. The van der Waals surface area contributed by atoms with Crippen LogP contribution >= 0.6 is 0 Å². The number of benzene rings is 3. The zero-order valence-corrected chi connectivity index (χ0v) is 16.0. The van der Waals surface area contributed by atoms with Gasteiger partial charge in [-0.05, 0) is 61.4 Å². The standard InChI is InChI=1S/C24H22N2O2/c1-15-7-10-19(11-8-15)26-23(25-21-6-4-3-5-20(21)24(26)27)17-9-12-22-18(14-17)13-16(2)28-22/h3-12,14,16,23,25H,13H2,1-2H3/t16-,23-/m1/s1. The number of rotatable bonds is 2. The topological polar surface area (TPSA) is 41.6 Å². The van der Waals surface area contributed by atoms with Gasteiger partial charge < -0.3 is 10.1 Å². The Morgan fingerprint density at radius 2 is 1.82 bits per heavy atom. The zero-order chi connectivity index (χ0) is 19.3. The van der Waals surface area contributed by atoms with Crippen molar-refractivity contribution in [3.05, 3.63) is 89.0 Å². The summed E-state index contributed by atoms with van der Waals surface area (Å²) in [7, 11) is 0. The highest BCUT2D eigenvalue weighted by molar-refractivity contribution is 6.12. The summed E-state index contributed by atoms with van der Waals surface area (Å²) >= 11 is 0. The number of aryl methyl sites for hydroxylation is 1. The zero-order valence-electron chi connectivity index (χ0n) is 16.0. The summed E-state index contributed by atoms with van der Waals surface area (Å²) in [4.78, 5) is 15.3. The van der Waals surface area contributed by atoms with E-state index in [1.807, 2.05) is 59.5 Å². The Kier molecular flexibility index (Phi) is 3.86. The first-order valence-corrected chi connectivity index (χ1v) is 9.65. The van der Waals surface area contributed by atoms with Gasteiger partial charge in [-0.25, -0.2) is 0 Å². The third-order valence-corrected chi connectivity index (χ3v) is 5.47. The third-order valence-electron chi connectivity index (χ3n) is 5.47. The maximum atomic E-state index is 13.4. The lowest BCUT2D eigenvalue weighted by atomic mass is 10.00. The SMILES string of the molecule is Cc1ccc(N2C(=O)c3ccccc3N[C@H]2c2ccc3c(c2)C[C@@H](C)O3)cc1. The quantitative estimate of drug-likeness (QED) is 0.683. The van der Waals surface area contributed by atoms with E-state index in [2.05, 4.69) is 31.3 Å². The molecule has 3 aromatic rings. The Morgan fingerprint density at radius 3 is 2.64 bits per heavy atom. The van der Waals surface area contributed by atoms with Crippen LogP contribution < -0.4 is 15.0 Å². The minimum atomic E-state index is -0.272. The summed E-state index contributed by atoms with van der Waals surface area (Å²) in [6.07, 6.45) is 0.816. The van der Waals surface area contributed by atoms with Crippen LogP contribution in [0.1, 0.15) is 40.1 Å². The number of hydrogen-bond donors (Lipinski definition) is 1. The smallest absolute Gasteiger partial charge is 0.262 e. The molecule has 0 unspecified atom stereocenters. The average Bonchev–Trinajstić information content (AvgIpc) is 3.08. The van der Waals surface area contributed by atoms with Crippen molar-refractivity contribution in [2.24, 2.45) is 0 Å². The van der Waals surface area contributed by atoms with Crippen LogP contribution in [-0.4, -0.2) is 12.0 Å². The maximum absolute atomic E-state index is 13.4. The first kappa shape index (κ1) is 16.9. The van der Waals surface area contributed by atoms with Crippen molar-refractivity contribution in [1.82, 2.24) is 0 Å². The molecule has 0 saturated carbocycles. The molecule has 0 saturated heterocycles. The second kappa shape index (κ2) is 6.41. The van der Waals surface area contributed by atoms with E-state index in [1.165, 1.54) is 11.1 Å². The minimum absolute atomic E-state index is 0.00770. The molecule has 4 heteroatoms. The summed E-state index contributed by atoms with van der Waals surface area (Å²) in [6.45, 7) is 4.13. The van der Waals surface area contributed by atoms with Crippen molar-refractivity contribution in [3.8, 4) is 5.75 Å². The van der Waals surface area contributed by atoms with E-state index in [-0.39, 0.29) is 18.2 Å². The van der Waals surface area contributed by atoms with E-state index < -0.39 is 0 Å². The van der Waals surface area contributed by atoms with Crippen molar-refractivity contribution < 1.29 is 9.53 Å². The molecule has 140 valence electrons. The molecule has 28 heavy (non-hydrogen) atoms. The molecule has 0 radical (unpaired) electrons. The predicted molar refractivity (Wildman–Crippen MR) is 111 cm³/mol. The number of para-hydroxylation sites is 1. The molecule has 0 aromatic heterocycles. The number of anilines is 2. The van der Waals surface area contributed by atoms with Crippen LogP contribution in [0.2, 0.25) is 0 Å². The van der Waals surface area contributed by atoms with Crippen molar-refractivity contribution >= 4 is 17.3 Å². The van der Waals surface area contributed by atoms with Gasteiger partial charge in [-0.1, -0.05) is 35.9 Å². The van der Waals surface area contributed by atoms with Crippen molar-refractivity contribution in [3.63, 3.8) is 0 Å². The highest BCUT2D eigenvalue weighted by atomic mass is 16.5. The Labute approximate surface area is 164 Å². The number of carbonyl (C=O) groups excluding carboxylic acids is 1. The lowest BCUT2D eigenvalue weighted by Crippen LogP contribution is -2.43. The molecule has 1 amide bonds. The van der Waals surface area contributed by atoms with Gasteiger partial charge in [0.1, 0.15) is 18.0 Å². The molecule has 5 rings (SSSR count). The third kappa shape index (κ3) is 2.73. The van der Waals surface area contributed by atoms with Crippen molar-refractivity contribution in [1.29, 1.82) is 0 Å². The van der Waals surface area contributed by atoms with E-state index in [4.69, 9.17) is 4.74 Å². The monoisotopic (exact) mass is 370 g/mol. The molecule has 2 aliphatic rings. The molecule has 0 aliphatic carbocycles. The van der Waals surface area contributed by atoms with Crippen molar-refractivity contribution in [2.75, 3.05) is 10.2 Å². The molecule has 0 fully saturated rings. The minimum Gasteiger partial charge on any atom is -0.490 e. The molecule has 2 aliphatic heterocycles. The van der Waals surface area contributed by atoms with Crippen LogP contribution in [-0.2, 0) is 6.42 Å². The predicted octanol–water partition coefficient (Wildman–Crippen LogP) is 5.09. The van der Waals surface area contributed by atoms with Gasteiger partial charge in [-0.15, -0.1) is 0 Å². The summed E-state index contributed by atoms with van der Waals surface area (Å²) in [5, 5.41) is 3.57. The molecular formula is C24H22N2O2. The fourth-order valence-electron chi connectivity index (χ4n) is 4.07. The van der Waals surface area contributed by atoms with E-state index in [9.17, 15) is 4.79 Å². The fourth-order valence-corrected chi connectivity index (χ4v) is 4.07. The summed E-state index contributed by atoms with van der Waals surface area (Å²) in [5.41, 5.74) is 5.86. The number of nitrogens with zero attached hydrogens (tertiary/aromatic N) is 1. The van der Waals surface area contributed by atoms with E-state index in [1.54, 1.807) is 0 Å². The molecule has 2 atom stereocenters. The van der Waals surface area contributed by atoms with Crippen LogP contribution in [0.25, 0.3) is 0 Å². The lowest BCUT2D eigenvalue weighted by molar-refractivity contribution is 0.0975. The number of amides is 1. The highest BCUT2D eigenvalue weighted by Gasteiger charge is 2.34. The summed E-state index contributed by atoms with van der Waals surface area (Å²) in [6, 6.07) is 22.0. The molecular weight excluding hydrogens is 348 g/mol. The number of hydrogen-bond acceptors (Lipinski definition) is 3.